The molecule has 6 N–H and O–H groups in total. The standard InChI is InChI=1S/C30H41FN4O4/c1-29(2,3)22-16-20(10-13-25(22)36)18-24(26(33)37)34-28(39)30(14-6-5-7-15-30)35(4)27(38)23(32)17-19-8-11-21(31)12-9-19/h8-13,16,23-24,36H,5-7,14-15,17-18,32H2,1-4H3,(H2,33,37)(H,34,39)/t23-,24?/m0/s1. The van der Waals surface area contributed by atoms with Gasteiger partial charge in [-0.3, -0.25) is 14.4 Å². The smallest absolute Gasteiger partial charge is 0.246 e. The number of nitrogens with zero attached hydrogens (tertiary/aromatic N) is 1. The minimum absolute atomic E-state index is 0.141. The fourth-order valence-electron chi connectivity index (χ4n) is 5.33. The predicted octanol–water partition coefficient (Wildman–Crippen LogP) is 3.07. The normalized spacial score (nSPS) is 16.7. The molecule has 9 heteroatoms. The molecular formula is C30H41FN4O4. The number of carbonyl (C=O) groups excluding carboxylic acids is 3. The summed E-state index contributed by atoms with van der Waals surface area (Å²) in [6.07, 6.45) is 3.62. The van der Waals surface area contributed by atoms with Crippen molar-refractivity contribution >= 4 is 17.7 Å². The highest BCUT2D eigenvalue weighted by Crippen LogP contribution is 2.35. The molecule has 0 aromatic heterocycles. The first-order valence-electron chi connectivity index (χ1n) is 13.4. The van der Waals surface area contributed by atoms with E-state index >= 15 is 0 Å². The van der Waals surface area contributed by atoms with Gasteiger partial charge in [0.05, 0.1) is 6.04 Å². The summed E-state index contributed by atoms with van der Waals surface area (Å²) in [5, 5.41) is 13.1. The number of halogens is 1. The lowest BCUT2D eigenvalue weighted by molar-refractivity contribution is -0.150. The van der Waals surface area contributed by atoms with Crippen LogP contribution in [0.1, 0.15) is 69.6 Å². The van der Waals surface area contributed by atoms with E-state index in [1.54, 1.807) is 31.3 Å². The molecule has 212 valence electrons. The zero-order valence-electron chi connectivity index (χ0n) is 23.3. The third kappa shape index (κ3) is 7.15. The number of carbonyl (C=O) groups is 3. The summed E-state index contributed by atoms with van der Waals surface area (Å²) >= 11 is 0. The molecule has 0 aliphatic heterocycles. The number of rotatable bonds is 9. The maximum absolute atomic E-state index is 13.8. The zero-order valence-corrected chi connectivity index (χ0v) is 23.3. The molecule has 39 heavy (non-hydrogen) atoms. The molecule has 1 fully saturated rings. The van der Waals surface area contributed by atoms with E-state index in [-0.39, 0.29) is 29.8 Å². The Morgan fingerprint density at radius 2 is 1.62 bits per heavy atom. The van der Waals surface area contributed by atoms with E-state index in [9.17, 15) is 23.9 Å². The second-order valence-electron chi connectivity index (χ2n) is 11.7. The molecule has 3 amide bonds. The van der Waals surface area contributed by atoms with Gasteiger partial charge in [0.15, 0.2) is 0 Å². The van der Waals surface area contributed by atoms with Gasteiger partial charge in [-0.1, -0.05) is 64.3 Å². The number of phenols is 1. The van der Waals surface area contributed by atoms with Crippen molar-refractivity contribution in [3.05, 3.63) is 65.0 Å². The highest BCUT2D eigenvalue weighted by molar-refractivity contribution is 5.95. The molecule has 2 aromatic rings. The van der Waals surface area contributed by atoms with Crippen LogP contribution < -0.4 is 16.8 Å². The number of nitrogens with one attached hydrogen (secondary N) is 1. The summed E-state index contributed by atoms with van der Waals surface area (Å²) < 4.78 is 13.3. The van der Waals surface area contributed by atoms with Crippen LogP contribution >= 0.6 is 0 Å². The fraction of sp³-hybridized carbons (Fsp3) is 0.500. The van der Waals surface area contributed by atoms with E-state index in [1.165, 1.54) is 17.0 Å². The Kier molecular flexibility index (Phi) is 9.38. The molecule has 1 aliphatic carbocycles. The van der Waals surface area contributed by atoms with Gasteiger partial charge in [-0.05, 0) is 59.6 Å². The lowest BCUT2D eigenvalue weighted by Crippen LogP contribution is -2.64. The van der Waals surface area contributed by atoms with Gasteiger partial charge >= 0.3 is 0 Å². The monoisotopic (exact) mass is 540 g/mol. The predicted molar refractivity (Wildman–Crippen MR) is 148 cm³/mol. The Balaban J connectivity index is 1.81. The van der Waals surface area contributed by atoms with E-state index in [2.05, 4.69) is 5.32 Å². The highest BCUT2D eigenvalue weighted by atomic mass is 19.1. The van der Waals surface area contributed by atoms with E-state index in [1.807, 2.05) is 26.8 Å². The number of primary amides is 1. The van der Waals surface area contributed by atoms with Crippen LogP contribution in [0.3, 0.4) is 0 Å². The van der Waals surface area contributed by atoms with Gasteiger partial charge in [-0.15, -0.1) is 0 Å². The van der Waals surface area contributed by atoms with Crippen molar-refractivity contribution in [2.75, 3.05) is 7.05 Å². The average Bonchev–Trinajstić information content (AvgIpc) is 2.89. The molecule has 0 spiro atoms. The van der Waals surface area contributed by atoms with Gasteiger partial charge in [-0.25, -0.2) is 4.39 Å². The zero-order chi connectivity index (χ0) is 29.0. The van der Waals surface area contributed by atoms with Crippen molar-refractivity contribution in [2.45, 2.75) is 88.8 Å². The van der Waals surface area contributed by atoms with Crippen molar-refractivity contribution in [3.8, 4) is 5.75 Å². The summed E-state index contributed by atoms with van der Waals surface area (Å²) in [6.45, 7) is 5.92. The Labute approximate surface area is 229 Å². The number of hydrogen-bond donors (Lipinski definition) is 4. The van der Waals surface area contributed by atoms with Crippen LogP contribution in [-0.4, -0.2) is 52.4 Å². The van der Waals surface area contributed by atoms with Gasteiger partial charge in [0.1, 0.15) is 23.1 Å². The minimum Gasteiger partial charge on any atom is -0.508 e. The van der Waals surface area contributed by atoms with E-state index in [4.69, 9.17) is 11.5 Å². The molecule has 1 saturated carbocycles. The van der Waals surface area contributed by atoms with Crippen molar-refractivity contribution in [1.82, 2.24) is 10.2 Å². The Bertz CT molecular complexity index is 1190. The molecular weight excluding hydrogens is 499 g/mol. The quantitative estimate of drug-likeness (QED) is 0.387. The first-order chi connectivity index (χ1) is 18.2. The molecule has 0 heterocycles. The lowest BCUT2D eigenvalue weighted by atomic mass is 9.79. The molecule has 8 nitrogen and oxygen atoms in total. The summed E-state index contributed by atoms with van der Waals surface area (Å²) in [5.74, 6) is -1.75. The van der Waals surface area contributed by atoms with Gasteiger partial charge in [-0.2, -0.15) is 0 Å². The van der Waals surface area contributed by atoms with Crippen LogP contribution in [0.15, 0.2) is 42.5 Å². The lowest BCUT2D eigenvalue weighted by Gasteiger charge is -2.44. The van der Waals surface area contributed by atoms with Crippen molar-refractivity contribution in [1.29, 1.82) is 0 Å². The van der Waals surface area contributed by atoms with Gasteiger partial charge < -0.3 is 26.8 Å². The molecule has 3 rings (SSSR count). The third-order valence-electron chi connectivity index (χ3n) is 7.72. The van der Waals surface area contributed by atoms with Crippen LogP contribution in [0.25, 0.3) is 0 Å². The Morgan fingerprint density at radius 1 is 1.03 bits per heavy atom. The third-order valence-corrected chi connectivity index (χ3v) is 7.72. The topological polar surface area (TPSA) is 139 Å². The number of hydrogen-bond acceptors (Lipinski definition) is 5. The van der Waals surface area contributed by atoms with Crippen LogP contribution in [0.5, 0.6) is 5.75 Å². The highest BCUT2D eigenvalue weighted by Gasteiger charge is 2.47. The van der Waals surface area contributed by atoms with Crippen molar-refractivity contribution in [2.24, 2.45) is 11.5 Å². The van der Waals surface area contributed by atoms with Crippen LogP contribution in [0.4, 0.5) is 4.39 Å². The van der Waals surface area contributed by atoms with Gasteiger partial charge in [0.2, 0.25) is 17.7 Å². The molecule has 0 saturated heterocycles. The number of amides is 3. The molecule has 0 radical (unpaired) electrons. The van der Waals surface area contributed by atoms with Crippen molar-refractivity contribution < 1.29 is 23.9 Å². The number of benzene rings is 2. The average molecular weight is 541 g/mol. The molecule has 1 aliphatic rings. The van der Waals surface area contributed by atoms with Crippen molar-refractivity contribution in [3.63, 3.8) is 0 Å². The fourth-order valence-corrected chi connectivity index (χ4v) is 5.33. The second kappa shape index (κ2) is 12.2. The first-order valence-corrected chi connectivity index (χ1v) is 13.4. The summed E-state index contributed by atoms with van der Waals surface area (Å²) in [4.78, 5) is 41.1. The van der Waals surface area contributed by atoms with Gasteiger partial charge in [0.25, 0.3) is 0 Å². The first kappa shape index (κ1) is 30.1. The molecule has 2 aromatic carbocycles. The summed E-state index contributed by atoms with van der Waals surface area (Å²) in [5.41, 5.74) is 12.6. The van der Waals surface area contributed by atoms with E-state index in [0.717, 1.165) is 30.4 Å². The number of phenolic OH excluding ortho intramolecular Hbond substituents is 1. The number of nitrogens with two attached hydrogens (primary N) is 2. The van der Waals surface area contributed by atoms with Crippen LogP contribution in [0, 0.1) is 5.82 Å². The SMILES string of the molecule is CN(C(=O)[C@@H](N)Cc1ccc(F)cc1)C1(C(=O)NC(Cc2ccc(O)c(C(C)(C)C)c2)C(N)=O)CCCCC1. The maximum Gasteiger partial charge on any atom is 0.246 e. The Morgan fingerprint density at radius 3 is 2.18 bits per heavy atom. The number of likely N-dealkylation sites (N-methyl/N-ethyl adjacent to an activating group) is 1. The van der Waals surface area contributed by atoms with Crippen LogP contribution in [-0.2, 0) is 32.6 Å². The molecule has 2 atom stereocenters. The molecule has 1 unspecified atom stereocenters. The maximum atomic E-state index is 13.8. The summed E-state index contributed by atoms with van der Waals surface area (Å²) in [7, 11) is 1.58. The molecule has 0 bridgehead atoms. The van der Waals surface area contributed by atoms with E-state index in [0.29, 0.717) is 18.4 Å². The number of aromatic hydroxyl groups is 1. The minimum atomic E-state index is -1.17. The van der Waals surface area contributed by atoms with Crippen LogP contribution in [0.2, 0.25) is 0 Å². The second-order valence-corrected chi connectivity index (χ2v) is 11.7. The Hall–Kier alpha value is -3.46. The van der Waals surface area contributed by atoms with Gasteiger partial charge in [0, 0.05) is 13.5 Å². The largest absolute Gasteiger partial charge is 0.508 e. The summed E-state index contributed by atoms with van der Waals surface area (Å²) in [6, 6.07) is 8.95. The van der Waals surface area contributed by atoms with E-state index < -0.39 is 35.3 Å².